The van der Waals surface area contributed by atoms with E-state index in [1.54, 1.807) is 5.57 Å². The van der Waals surface area contributed by atoms with Crippen LogP contribution in [0.1, 0.15) is 6.42 Å². The first kappa shape index (κ1) is 9.95. The van der Waals surface area contributed by atoms with Gasteiger partial charge in [-0.25, -0.2) is 0 Å². The zero-order valence-electron chi connectivity index (χ0n) is 10.6. The quantitative estimate of drug-likeness (QED) is 0.676. The predicted molar refractivity (Wildman–Crippen MR) is 69.4 cm³/mol. The van der Waals surface area contributed by atoms with Crippen molar-refractivity contribution >= 4 is 0 Å². The molecule has 90 valence electrons. The molecular formula is C15H20N2. The Morgan fingerprint density at radius 3 is 2.94 bits per heavy atom. The fourth-order valence-electron chi connectivity index (χ4n) is 4.12. The van der Waals surface area contributed by atoms with Gasteiger partial charge in [0.05, 0.1) is 6.04 Å². The minimum atomic E-state index is 0.533. The molecule has 0 radical (unpaired) electrons. The average molecular weight is 228 g/mol. The van der Waals surface area contributed by atoms with E-state index in [9.17, 15) is 0 Å². The van der Waals surface area contributed by atoms with Gasteiger partial charge in [-0.3, -0.25) is 0 Å². The van der Waals surface area contributed by atoms with Crippen molar-refractivity contribution in [1.29, 1.82) is 0 Å². The summed E-state index contributed by atoms with van der Waals surface area (Å²) in [6.07, 6.45) is 13.3. The summed E-state index contributed by atoms with van der Waals surface area (Å²) in [6.45, 7) is 2.57. The second kappa shape index (κ2) is 3.05. The van der Waals surface area contributed by atoms with Crippen LogP contribution in [0.2, 0.25) is 0 Å². The molecule has 0 aromatic carbocycles. The molecule has 2 aliphatic heterocycles. The van der Waals surface area contributed by atoms with Gasteiger partial charge in [0, 0.05) is 31.5 Å². The van der Waals surface area contributed by atoms with Gasteiger partial charge in [0.2, 0.25) is 0 Å². The number of nitrogens with zero attached hydrogens (tertiary/aromatic N) is 2. The number of fused-ring (bicyclic) bond motifs is 2. The average Bonchev–Trinajstić information content (AvgIpc) is 2.71. The van der Waals surface area contributed by atoms with Gasteiger partial charge in [-0.2, -0.15) is 0 Å². The zero-order chi connectivity index (χ0) is 11.6. The van der Waals surface area contributed by atoms with Crippen LogP contribution in [0.3, 0.4) is 0 Å². The summed E-state index contributed by atoms with van der Waals surface area (Å²) in [7, 11) is 4.43. The highest BCUT2D eigenvalue weighted by molar-refractivity contribution is 5.42. The van der Waals surface area contributed by atoms with E-state index in [0.717, 1.165) is 5.92 Å². The molecule has 1 saturated heterocycles. The molecule has 4 unspecified atom stereocenters. The number of likely N-dealkylation sites (tertiary alicyclic amines) is 1. The fourth-order valence-corrected chi connectivity index (χ4v) is 4.12. The largest absolute Gasteiger partial charge is 0.373 e. The monoisotopic (exact) mass is 228 g/mol. The Labute approximate surface area is 103 Å². The molecule has 2 heteroatoms. The zero-order valence-corrected chi connectivity index (χ0v) is 10.6. The minimum absolute atomic E-state index is 0.533. The molecule has 0 amide bonds. The molecule has 2 aliphatic carbocycles. The Hall–Kier alpha value is -1.02. The molecule has 4 atom stereocenters. The highest BCUT2D eigenvalue weighted by Gasteiger charge is 2.60. The third kappa shape index (κ3) is 1.25. The topological polar surface area (TPSA) is 6.48 Å². The summed E-state index contributed by atoms with van der Waals surface area (Å²) in [4.78, 5) is 4.81. The van der Waals surface area contributed by atoms with Crippen LogP contribution in [0.4, 0.5) is 0 Å². The van der Waals surface area contributed by atoms with Crippen LogP contribution in [-0.2, 0) is 0 Å². The normalized spacial score (nSPS) is 47.1. The first-order chi connectivity index (χ1) is 8.19. The van der Waals surface area contributed by atoms with E-state index in [1.165, 1.54) is 19.5 Å². The highest BCUT2D eigenvalue weighted by atomic mass is 15.2. The number of likely N-dealkylation sites (N-methyl/N-ethyl adjacent to an activating group) is 1. The Morgan fingerprint density at radius 1 is 1.29 bits per heavy atom. The molecule has 4 aliphatic rings. The van der Waals surface area contributed by atoms with E-state index in [1.807, 2.05) is 0 Å². The lowest BCUT2D eigenvalue weighted by Crippen LogP contribution is -2.29. The van der Waals surface area contributed by atoms with Crippen LogP contribution >= 0.6 is 0 Å². The van der Waals surface area contributed by atoms with Crippen molar-refractivity contribution in [2.45, 2.75) is 12.5 Å². The van der Waals surface area contributed by atoms with Gasteiger partial charge in [0.25, 0.3) is 0 Å². The van der Waals surface area contributed by atoms with E-state index in [-0.39, 0.29) is 0 Å². The van der Waals surface area contributed by atoms with Gasteiger partial charge in [0.15, 0.2) is 0 Å². The Kier molecular flexibility index (Phi) is 1.79. The fraction of sp³-hybridized carbons (Fsp3) is 0.600. The summed E-state index contributed by atoms with van der Waals surface area (Å²) < 4.78 is 0. The molecule has 0 bridgehead atoms. The number of hydrogen-bond donors (Lipinski definition) is 0. The van der Waals surface area contributed by atoms with Gasteiger partial charge in [0.1, 0.15) is 0 Å². The number of hydrogen-bond acceptors (Lipinski definition) is 2. The predicted octanol–water partition coefficient (Wildman–Crippen LogP) is 1.88. The molecule has 17 heavy (non-hydrogen) atoms. The number of piperidine rings is 1. The van der Waals surface area contributed by atoms with E-state index in [4.69, 9.17) is 0 Å². The first-order valence-electron chi connectivity index (χ1n) is 6.68. The maximum atomic E-state index is 2.53. The molecule has 2 fully saturated rings. The first-order valence-corrected chi connectivity index (χ1v) is 6.68. The Bertz CT molecular complexity index is 448. The van der Waals surface area contributed by atoms with Gasteiger partial charge in [-0.1, -0.05) is 24.3 Å². The van der Waals surface area contributed by atoms with Gasteiger partial charge in [-0.05, 0) is 31.2 Å². The van der Waals surface area contributed by atoms with E-state index >= 15 is 0 Å². The van der Waals surface area contributed by atoms with Gasteiger partial charge < -0.3 is 9.80 Å². The SMILES string of the molecule is CN1CC2CC2(C2=CC3C=CN(C)C3C=C2)C1. The van der Waals surface area contributed by atoms with Gasteiger partial charge in [-0.15, -0.1) is 0 Å². The standard InChI is InChI=1S/C15H20N2/c1-16-9-13-8-15(13,10-16)12-3-4-14-11(7-12)5-6-17(14)2/h3-7,11,13-14H,8-10H2,1-2H3. The second-order valence-electron chi connectivity index (χ2n) is 6.31. The molecule has 4 rings (SSSR count). The van der Waals surface area contributed by atoms with Crippen LogP contribution < -0.4 is 0 Å². The van der Waals surface area contributed by atoms with Crippen LogP contribution in [0, 0.1) is 17.3 Å². The summed E-state index contributed by atoms with van der Waals surface area (Å²) in [5.41, 5.74) is 2.15. The summed E-state index contributed by atoms with van der Waals surface area (Å²) >= 11 is 0. The van der Waals surface area contributed by atoms with E-state index in [0.29, 0.717) is 17.4 Å². The van der Waals surface area contributed by atoms with Crippen molar-refractivity contribution in [2.24, 2.45) is 17.3 Å². The third-order valence-corrected chi connectivity index (χ3v) is 5.14. The maximum Gasteiger partial charge on any atom is 0.0565 e. The molecule has 0 aromatic rings. The minimum Gasteiger partial charge on any atom is -0.373 e. The number of rotatable bonds is 1. The van der Waals surface area contributed by atoms with Gasteiger partial charge >= 0.3 is 0 Å². The lowest BCUT2D eigenvalue weighted by Gasteiger charge is -2.28. The smallest absolute Gasteiger partial charge is 0.0565 e. The van der Waals surface area contributed by atoms with Crippen LogP contribution in [-0.4, -0.2) is 43.0 Å². The summed E-state index contributed by atoms with van der Waals surface area (Å²) in [6, 6.07) is 0.575. The van der Waals surface area contributed by atoms with Crippen LogP contribution in [0.15, 0.2) is 36.1 Å². The van der Waals surface area contributed by atoms with E-state index in [2.05, 4.69) is 54.4 Å². The lowest BCUT2D eigenvalue weighted by atomic mass is 9.84. The van der Waals surface area contributed by atoms with Crippen molar-refractivity contribution in [3.8, 4) is 0 Å². The summed E-state index contributed by atoms with van der Waals surface area (Å²) in [5.74, 6) is 1.55. The maximum absolute atomic E-state index is 2.53. The molecule has 1 saturated carbocycles. The van der Waals surface area contributed by atoms with Crippen molar-refractivity contribution in [2.75, 3.05) is 27.2 Å². The molecule has 2 heterocycles. The molecule has 0 aromatic heterocycles. The number of allylic oxidation sites excluding steroid dienone is 1. The lowest BCUT2D eigenvalue weighted by molar-refractivity contribution is 0.349. The van der Waals surface area contributed by atoms with Crippen molar-refractivity contribution in [1.82, 2.24) is 9.80 Å². The van der Waals surface area contributed by atoms with E-state index < -0.39 is 0 Å². The second-order valence-corrected chi connectivity index (χ2v) is 6.31. The van der Waals surface area contributed by atoms with Crippen LogP contribution in [0.5, 0.6) is 0 Å². The molecular weight excluding hydrogens is 208 g/mol. The van der Waals surface area contributed by atoms with Crippen molar-refractivity contribution < 1.29 is 0 Å². The van der Waals surface area contributed by atoms with Crippen molar-refractivity contribution in [3.05, 3.63) is 36.1 Å². The van der Waals surface area contributed by atoms with Crippen molar-refractivity contribution in [3.63, 3.8) is 0 Å². The summed E-state index contributed by atoms with van der Waals surface area (Å²) in [5, 5.41) is 0. The van der Waals surface area contributed by atoms with Crippen LogP contribution in [0.25, 0.3) is 0 Å². The molecule has 0 N–H and O–H groups in total. The Morgan fingerprint density at radius 2 is 2.18 bits per heavy atom. The Balaban J connectivity index is 1.63. The molecule has 2 nitrogen and oxygen atoms in total. The molecule has 0 spiro atoms. The third-order valence-electron chi connectivity index (χ3n) is 5.14. The highest BCUT2D eigenvalue weighted by Crippen LogP contribution is 2.63.